The zero-order valence-electron chi connectivity index (χ0n) is 22.5. The van der Waals surface area contributed by atoms with Gasteiger partial charge in [0.2, 0.25) is 5.91 Å². The molecule has 0 unspecified atom stereocenters. The zero-order chi connectivity index (χ0) is 27.1. The highest BCUT2D eigenvalue weighted by Gasteiger charge is 2.32. The van der Waals surface area contributed by atoms with Gasteiger partial charge in [0.25, 0.3) is 5.91 Å². The summed E-state index contributed by atoms with van der Waals surface area (Å²) in [6, 6.07) is 21.3. The molecule has 0 saturated heterocycles. The molecule has 3 aromatic rings. The number of carbonyl (C=O) groups is 2. The Balaban J connectivity index is 1.63. The summed E-state index contributed by atoms with van der Waals surface area (Å²) >= 11 is 3.54. The van der Waals surface area contributed by atoms with Crippen molar-refractivity contribution in [1.82, 2.24) is 10.2 Å². The van der Waals surface area contributed by atoms with Gasteiger partial charge in [0.1, 0.15) is 11.8 Å². The Bertz CT molecular complexity index is 1250. The van der Waals surface area contributed by atoms with Crippen molar-refractivity contribution in [2.24, 2.45) is 0 Å². The lowest BCUT2D eigenvalue weighted by Gasteiger charge is -2.32. The molecule has 4 rings (SSSR count). The first-order chi connectivity index (χ1) is 18.3. The predicted octanol–water partition coefficient (Wildman–Crippen LogP) is 6.45. The summed E-state index contributed by atoms with van der Waals surface area (Å²) in [7, 11) is 0. The monoisotopic (exact) mass is 576 g/mol. The summed E-state index contributed by atoms with van der Waals surface area (Å²) in [5.74, 6) is 0.381. The third-order valence-corrected chi connectivity index (χ3v) is 7.82. The van der Waals surface area contributed by atoms with E-state index in [1.165, 1.54) is 0 Å². The van der Waals surface area contributed by atoms with Crippen LogP contribution in [0.25, 0.3) is 0 Å². The lowest BCUT2D eigenvalue weighted by molar-refractivity contribution is -0.143. The number of halogens is 1. The molecular weight excluding hydrogens is 540 g/mol. The van der Waals surface area contributed by atoms with Crippen molar-refractivity contribution in [3.05, 3.63) is 99.0 Å². The highest BCUT2D eigenvalue weighted by molar-refractivity contribution is 9.10. The second-order valence-corrected chi connectivity index (χ2v) is 11.3. The smallest absolute Gasteiger partial charge is 0.261 e. The Hall–Kier alpha value is -3.12. The molecule has 1 atom stereocenters. The average Bonchev–Trinajstić information content (AvgIpc) is 3.41. The Morgan fingerprint density at radius 2 is 1.68 bits per heavy atom. The molecule has 0 radical (unpaired) electrons. The largest absolute Gasteiger partial charge is 0.483 e. The van der Waals surface area contributed by atoms with Crippen molar-refractivity contribution >= 4 is 27.7 Å². The second kappa shape index (κ2) is 13.1. The van der Waals surface area contributed by atoms with E-state index in [-0.39, 0.29) is 24.5 Å². The molecular formula is C32H37BrN2O3. The maximum atomic E-state index is 13.9. The molecule has 0 bridgehead atoms. The number of rotatable bonds is 10. The molecule has 3 aromatic carbocycles. The molecule has 1 fully saturated rings. The van der Waals surface area contributed by atoms with E-state index in [1.807, 2.05) is 81.4 Å². The maximum absolute atomic E-state index is 13.9. The lowest BCUT2D eigenvalue weighted by Crippen LogP contribution is -2.53. The normalized spacial score (nSPS) is 14.2. The van der Waals surface area contributed by atoms with Gasteiger partial charge in [-0.1, -0.05) is 77.3 Å². The molecule has 5 nitrogen and oxygen atoms in total. The van der Waals surface area contributed by atoms with Gasteiger partial charge in [-0.2, -0.15) is 0 Å². The fourth-order valence-electron chi connectivity index (χ4n) is 5.13. The van der Waals surface area contributed by atoms with Crippen LogP contribution >= 0.6 is 15.9 Å². The van der Waals surface area contributed by atoms with E-state index in [9.17, 15) is 9.59 Å². The van der Waals surface area contributed by atoms with Crippen molar-refractivity contribution in [3.8, 4) is 5.75 Å². The highest BCUT2D eigenvalue weighted by atomic mass is 79.9. The first kappa shape index (κ1) is 27.9. The molecule has 1 aliphatic rings. The van der Waals surface area contributed by atoms with E-state index >= 15 is 0 Å². The van der Waals surface area contributed by atoms with Crippen molar-refractivity contribution in [2.45, 2.75) is 71.5 Å². The van der Waals surface area contributed by atoms with Crippen LogP contribution in [0.4, 0.5) is 0 Å². The molecule has 1 saturated carbocycles. The molecule has 0 aromatic heterocycles. The van der Waals surface area contributed by atoms with Gasteiger partial charge >= 0.3 is 0 Å². The van der Waals surface area contributed by atoms with Gasteiger partial charge in [-0.05, 0) is 79.6 Å². The van der Waals surface area contributed by atoms with Crippen LogP contribution in [0.5, 0.6) is 5.75 Å². The van der Waals surface area contributed by atoms with E-state index in [1.54, 1.807) is 4.90 Å². The number of aryl methyl sites for hydroxylation is 2. The Morgan fingerprint density at radius 1 is 0.974 bits per heavy atom. The number of nitrogens with zero attached hydrogens (tertiary/aromatic N) is 1. The minimum absolute atomic E-state index is 0.105. The minimum atomic E-state index is -0.659. The van der Waals surface area contributed by atoms with Crippen LogP contribution in [0.15, 0.2) is 71.2 Å². The van der Waals surface area contributed by atoms with Gasteiger partial charge in [-0.3, -0.25) is 9.59 Å². The molecule has 1 N–H and O–H groups in total. The lowest BCUT2D eigenvalue weighted by atomic mass is 10.0. The number of amides is 2. The Labute approximate surface area is 234 Å². The Morgan fingerprint density at radius 3 is 2.39 bits per heavy atom. The van der Waals surface area contributed by atoms with Gasteiger partial charge in [0, 0.05) is 23.5 Å². The number of ether oxygens (including phenoxy) is 1. The van der Waals surface area contributed by atoms with E-state index in [2.05, 4.69) is 27.3 Å². The molecule has 0 spiro atoms. The van der Waals surface area contributed by atoms with Crippen molar-refractivity contribution in [2.75, 3.05) is 6.61 Å². The van der Waals surface area contributed by atoms with Gasteiger partial charge in [-0.25, -0.2) is 0 Å². The van der Waals surface area contributed by atoms with Crippen LogP contribution in [0.3, 0.4) is 0 Å². The molecule has 0 aliphatic heterocycles. The van der Waals surface area contributed by atoms with Crippen molar-refractivity contribution in [1.29, 1.82) is 0 Å². The minimum Gasteiger partial charge on any atom is -0.483 e. The van der Waals surface area contributed by atoms with Gasteiger partial charge in [0.15, 0.2) is 6.61 Å². The fraction of sp³-hybridized carbons (Fsp3) is 0.375. The van der Waals surface area contributed by atoms with Crippen LogP contribution in [-0.4, -0.2) is 35.4 Å². The summed E-state index contributed by atoms with van der Waals surface area (Å²) in [5.41, 5.74) is 5.18. The first-order valence-corrected chi connectivity index (χ1v) is 14.2. The van der Waals surface area contributed by atoms with Crippen LogP contribution in [0, 0.1) is 20.8 Å². The number of carbonyl (C=O) groups excluding carboxylic acids is 2. The van der Waals surface area contributed by atoms with Gasteiger partial charge in [-0.15, -0.1) is 0 Å². The van der Waals surface area contributed by atoms with Gasteiger partial charge < -0.3 is 15.0 Å². The second-order valence-electron chi connectivity index (χ2n) is 10.3. The molecule has 38 heavy (non-hydrogen) atoms. The number of benzene rings is 3. The number of hydrogen-bond acceptors (Lipinski definition) is 3. The summed E-state index contributed by atoms with van der Waals surface area (Å²) in [5, 5.41) is 3.25. The van der Waals surface area contributed by atoms with Crippen molar-refractivity contribution in [3.63, 3.8) is 0 Å². The molecule has 6 heteroatoms. The third kappa shape index (κ3) is 7.47. The highest BCUT2D eigenvalue weighted by Crippen LogP contribution is 2.24. The summed E-state index contributed by atoms with van der Waals surface area (Å²) < 4.78 is 7.01. The van der Waals surface area contributed by atoms with Gasteiger partial charge in [0.05, 0.1) is 0 Å². The topological polar surface area (TPSA) is 58.6 Å². The van der Waals surface area contributed by atoms with E-state index in [0.717, 1.165) is 58.0 Å². The summed E-state index contributed by atoms with van der Waals surface area (Å²) in [4.78, 5) is 29.3. The fourth-order valence-corrected chi connectivity index (χ4v) is 5.57. The quantitative estimate of drug-likeness (QED) is 0.301. The van der Waals surface area contributed by atoms with Crippen LogP contribution in [-0.2, 0) is 22.6 Å². The Kier molecular flexibility index (Phi) is 9.62. The average molecular weight is 578 g/mol. The predicted molar refractivity (Wildman–Crippen MR) is 155 cm³/mol. The maximum Gasteiger partial charge on any atom is 0.261 e. The van der Waals surface area contributed by atoms with Crippen LogP contribution < -0.4 is 10.1 Å². The summed E-state index contributed by atoms with van der Waals surface area (Å²) in [6.07, 6.45) is 4.65. The SMILES string of the molecule is Cc1cc(C)c(C)c(OCC(=O)N(Cc2cccc(Br)c2)[C@@H](Cc2ccccc2)C(=O)NC2CCCC2)c1. The van der Waals surface area contributed by atoms with Crippen LogP contribution in [0.2, 0.25) is 0 Å². The first-order valence-electron chi connectivity index (χ1n) is 13.4. The standard InChI is InChI=1S/C32H37BrN2O3/c1-22-16-23(2)24(3)30(17-22)38-21-31(36)35(20-26-12-9-13-27(33)18-26)29(19-25-10-5-4-6-11-25)32(37)34-28-14-7-8-15-28/h4-6,9-13,16-18,28-29H,7-8,14-15,19-21H2,1-3H3,(H,34,37)/t29-/m0/s1. The summed E-state index contributed by atoms with van der Waals surface area (Å²) in [6.45, 7) is 6.23. The number of nitrogens with one attached hydrogen (secondary N) is 1. The van der Waals surface area contributed by atoms with E-state index in [0.29, 0.717) is 18.7 Å². The molecule has 0 heterocycles. The van der Waals surface area contributed by atoms with E-state index in [4.69, 9.17) is 4.74 Å². The molecule has 200 valence electrons. The third-order valence-electron chi connectivity index (χ3n) is 7.33. The van der Waals surface area contributed by atoms with Crippen molar-refractivity contribution < 1.29 is 14.3 Å². The number of hydrogen-bond donors (Lipinski definition) is 1. The molecule has 2 amide bonds. The van der Waals surface area contributed by atoms with Crippen LogP contribution in [0.1, 0.15) is 53.5 Å². The zero-order valence-corrected chi connectivity index (χ0v) is 24.1. The molecule has 1 aliphatic carbocycles. The van der Waals surface area contributed by atoms with E-state index < -0.39 is 6.04 Å².